The minimum atomic E-state index is 0.863. The van der Waals surface area contributed by atoms with Crippen LogP contribution in [-0.4, -0.2) is 28.9 Å². The van der Waals surface area contributed by atoms with Crippen molar-refractivity contribution in [1.82, 2.24) is 15.3 Å². The lowest BCUT2D eigenvalue weighted by Gasteiger charge is -1.98. The van der Waals surface area contributed by atoms with Crippen molar-refractivity contribution >= 4 is 16.9 Å². The highest BCUT2D eigenvalue weighted by Gasteiger charge is 2.12. The van der Waals surface area contributed by atoms with Crippen LogP contribution in [0.15, 0.2) is 29.5 Å². The summed E-state index contributed by atoms with van der Waals surface area (Å²) in [5.74, 6) is 0.976. The van der Waals surface area contributed by atoms with E-state index in [1.807, 2.05) is 12.3 Å². The van der Waals surface area contributed by atoms with Crippen LogP contribution in [0.4, 0.5) is 0 Å². The molecule has 4 nitrogen and oxygen atoms in total. The zero-order chi connectivity index (χ0) is 9.38. The van der Waals surface area contributed by atoms with E-state index in [4.69, 9.17) is 0 Å². The second-order valence-electron chi connectivity index (χ2n) is 3.26. The van der Waals surface area contributed by atoms with Gasteiger partial charge in [-0.2, -0.15) is 0 Å². The van der Waals surface area contributed by atoms with E-state index in [9.17, 15) is 0 Å². The van der Waals surface area contributed by atoms with Crippen molar-refractivity contribution in [2.45, 2.75) is 0 Å². The van der Waals surface area contributed by atoms with Crippen LogP contribution >= 0.6 is 0 Å². The first-order valence-electron chi connectivity index (χ1n) is 4.66. The number of aromatic nitrogens is 2. The number of pyridine rings is 1. The van der Waals surface area contributed by atoms with Crippen molar-refractivity contribution in [3.05, 3.63) is 30.1 Å². The van der Waals surface area contributed by atoms with Crippen LogP contribution in [0.2, 0.25) is 0 Å². The van der Waals surface area contributed by atoms with Crippen molar-refractivity contribution in [3.8, 4) is 0 Å². The van der Waals surface area contributed by atoms with Crippen molar-refractivity contribution in [2.24, 2.45) is 4.99 Å². The smallest absolute Gasteiger partial charge is 0.137 e. The minimum Gasteiger partial charge on any atom is -0.368 e. The molecule has 1 aliphatic heterocycles. The maximum absolute atomic E-state index is 4.39. The molecule has 0 saturated heterocycles. The molecule has 0 fully saturated rings. The number of rotatable bonds is 1. The van der Waals surface area contributed by atoms with Gasteiger partial charge < -0.3 is 10.3 Å². The van der Waals surface area contributed by atoms with Crippen LogP contribution in [0.3, 0.4) is 0 Å². The number of nitrogens with one attached hydrogen (secondary N) is 2. The van der Waals surface area contributed by atoms with Gasteiger partial charge in [-0.3, -0.25) is 4.99 Å². The molecule has 0 unspecified atom stereocenters. The van der Waals surface area contributed by atoms with Crippen molar-refractivity contribution < 1.29 is 0 Å². The van der Waals surface area contributed by atoms with E-state index in [-0.39, 0.29) is 0 Å². The molecule has 4 heteroatoms. The normalized spacial score (nSPS) is 15.6. The van der Waals surface area contributed by atoms with Crippen LogP contribution in [0.5, 0.6) is 0 Å². The number of aliphatic imine (C=N–C) groups is 1. The minimum absolute atomic E-state index is 0.863. The lowest BCUT2D eigenvalue weighted by atomic mass is 10.2. The average Bonchev–Trinajstić information content (AvgIpc) is 2.85. The van der Waals surface area contributed by atoms with Crippen LogP contribution in [-0.2, 0) is 0 Å². The zero-order valence-corrected chi connectivity index (χ0v) is 7.62. The number of hydrogen-bond donors (Lipinski definition) is 2. The van der Waals surface area contributed by atoms with E-state index < -0.39 is 0 Å². The summed E-state index contributed by atoms with van der Waals surface area (Å²) in [4.78, 5) is 11.8. The molecule has 0 spiro atoms. The summed E-state index contributed by atoms with van der Waals surface area (Å²) in [6, 6.07) is 3.99. The van der Waals surface area contributed by atoms with Gasteiger partial charge in [-0.15, -0.1) is 0 Å². The highest BCUT2D eigenvalue weighted by atomic mass is 15.1. The van der Waals surface area contributed by atoms with Gasteiger partial charge in [0.25, 0.3) is 0 Å². The van der Waals surface area contributed by atoms with Gasteiger partial charge in [0.1, 0.15) is 11.5 Å². The second-order valence-corrected chi connectivity index (χ2v) is 3.26. The predicted octanol–water partition coefficient (Wildman–Crippen LogP) is 0.913. The maximum atomic E-state index is 4.39. The molecule has 0 atom stereocenters. The molecule has 2 aromatic heterocycles. The molecule has 3 heterocycles. The van der Waals surface area contributed by atoms with Gasteiger partial charge in [-0.1, -0.05) is 0 Å². The molecule has 0 amide bonds. The first-order valence-corrected chi connectivity index (χ1v) is 4.66. The third kappa shape index (κ3) is 1.00. The summed E-state index contributed by atoms with van der Waals surface area (Å²) in [5.41, 5.74) is 2.03. The summed E-state index contributed by atoms with van der Waals surface area (Å²) < 4.78 is 0. The lowest BCUT2D eigenvalue weighted by molar-refractivity contribution is 0.960. The third-order valence-electron chi connectivity index (χ3n) is 2.38. The fraction of sp³-hybridized carbons (Fsp3) is 0.200. The lowest BCUT2D eigenvalue weighted by Crippen LogP contribution is -2.18. The molecule has 2 aromatic rings. The van der Waals surface area contributed by atoms with Gasteiger partial charge in [-0.25, -0.2) is 4.98 Å². The maximum Gasteiger partial charge on any atom is 0.137 e. The van der Waals surface area contributed by atoms with E-state index >= 15 is 0 Å². The molecule has 70 valence electrons. The zero-order valence-electron chi connectivity index (χ0n) is 7.62. The number of hydrogen-bond acceptors (Lipinski definition) is 3. The Balaban J connectivity index is 2.21. The second kappa shape index (κ2) is 2.83. The van der Waals surface area contributed by atoms with E-state index in [0.717, 1.165) is 35.5 Å². The molecular formula is C10H10N4. The Morgan fingerprint density at radius 2 is 2.36 bits per heavy atom. The molecule has 1 aliphatic rings. The Kier molecular flexibility index (Phi) is 1.53. The van der Waals surface area contributed by atoms with E-state index in [1.54, 1.807) is 6.20 Å². The number of H-pyrrole nitrogens is 1. The van der Waals surface area contributed by atoms with Gasteiger partial charge in [0.2, 0.25) is 0 Å². The van der Waals surface area contributed by atoms with Gasteiger partial charge >= 0.3 is 0 Å². The average molecular weight is 186 g/mol. The summed E-state index contributed by atoms with van der Waals surface area (Å²) in [6.07, 6.45) is 3.74. The number of amidine groups is 1. The number of fused-ring (bicyclic) bond motifs is 1. The van der Waals surface area contributed by atoms with Gasteiger partial charge in [-0.05, 0) is 12.1 Å². The molecule has 0 aliphatic carbocycles. The first-order chi connectivity index (χ1) is 6.95. The molecule has 0 bridgehead atoms. The predicted molar refractivity (Wildman–Crippen MR) is 55.5 cm³/mol. The molecule has 2 N–H and O–H groups in total. The molecule has 14 heavy (non-hydrogen) atoms. The van der Waals surface area contributed by atoms with Crippen LogP contribution < -0.4 is 5.32 Å². The van der Waals surface area contributed by atoms with Gasteiger partial charge in [0.15, 0.2) is 0 Å². The van der Waals surface area contributed by atoms with Crippen molar-refractivity contribution in [1.29, 1.82) is 0 Å². The fourth-order valence-corrected chi connectivity index (χ4v) is 1.73. The fourth-order valence-electron chi connectivity index (χ4n) is 1.73. The Hall–Kier alpha value is -1.84. The highest BCUT2D eigenvalue weighted by Crippen LogP contribution is 2.16. The van der Waals surface area contributed by atoms with E-state index in [1.165, 1.54) is 0 Å². The van der Waals surface area contributed by atoms with E-state index in [0.29, 0.717) is 0 Å². The Morgan fingerprint density at radius 3 is 3.21 bits per heavy atom. The van der Waals surface area contributed by atoms with Gasteiger partial charge in [0.05, 0.1) is 6.54 Å². The SMILES string of the molecule is c1cnc2[nH]cc(C3=NCCN3)c2c1. The molecule has 0 aromatic carbocycles. The largest absolute Gasteiger partial charge is 0.368 e. The number of aromatic amines is 1. The van der Waals surface area contributed by atoms with Crippen LogP contribution in [0, 0.1) is 0 Å². The summed E-state index contributed by atoms with van der Waals surface area (Å²) >= 11 is 0. The summed E-state index contributed by atoms with van der Waals surface area (Å²) in [6.45, 7) is 1.80. The topological polar surface area (TPSA) is 53.1 Å². The molecule has 0 radical (unpaired) electrons. The Morgan fingerprint density at radius 1 is 1.36 bits per heavy atom. The Bertz CT molecular complexity index is 498. The summed E-state index contributed by atoms with van der Waals surface area (Å²) in [5, 5.41) is 4.38. The highest BCUT2D eigenvalue weighted by molar-refractivity contribution is 6.09. The van der Waals surface area contributed by atoms with Crippen molar-refractivity contribution in [3.63, 3.8) is 0 Å². The third-order valence-corrected chi connectivity index (χ3v) is 2.38. The van der Waals surface area contributed by atoms with Gasteiger partial charge in [0, 0.05) is 29.9 Å². The van der Waals surface area contributed by atoms with E-state index in [2.05, 4.69) is 26.3 Å². The summed E-state index contributed by atoms with van der Waals surface area (Å²) in [7, 11) is 0. The standard InChI is InChI=1S/C10H10N4/c1-2-7-8(10-12-4-5-13-10)6-14-9(7)11-3-1/h1-3,6H,4-5H2,(H,11,14)(H,12,13). The Labute approximate surface area is 81.1 Å². The molecule has 3 rings (SSSR count). The van der Waals surface area contributed by atoms with Crippen LogP contribution in [0.1, 0.15) is 5.56 Å². The molecule has 0 saturated carbocycles. The first kappa shape index (κ1) is 7.55. The molecular weight excluding hydrogens is 176 g/mol. The number of nitrogens with zero attached hydrogens (tertiary/aromatic N) is 2. The van der Waals surface area contributed by atoms with Crippen LogP contribution in [0.25, 0.3) is 11.0 Å². The van der Waals surface area contributed by atoms with Crippen molar-refractivity contribution in [2.75, 3.05) is 13.1 Å². The monoisotopic (exact) mass is 186 g/mol. The quantitative estimate of drug-likeness (QED) is 0.695.